The van der Waals surface area contributed by atoms with Gasteiger partial charge in [-0.1, -0.05) is 0 Å². The highest BCUT2D eigenvalue weighted by Crippen LogP contribution is 2.31. The minimum Gasteiger partial charge on any atom is -0.320 e. The number of aryl methyl sites for hydroxylation is 1. The highest BCUT2D eigenvalue weighted by Gasteiger charge is 2.14. The molecule has 3 aromatic heterocycles. The lowest BCUT2D eigenvalue weighted by Crippen LogP contribution is -2.12. The summed E-state index contributed by atoms with van der Waals surface area (Å²) in [5.41, 5.74) is 3.37. The predicted octanol–water partition coefficient (Wildman–Crippen LogP) is 3.01. The van der Waals surface area contributed by atoms with Crippen molar-refractivity contribution in [1.29, 1.82) is 0 Å². The molecule has 0 saturated carbocycles. The van der Waals surface area contributed by atoms with Gasteiger partial charge in [0, 0.05) is 22.5 Å². The van der Waals surface area contributed by atoms with E-state index >= 15 is 0 Å². The lowest BCUT2D eigenvalue weighted by atomic mass is 10.0. The third-order valence-corrected chi connectivity index (χ3v) is 5.41. The van der Waals surface area contributed by atoms with E-state index in [0.717, 1.165) is 22.2 Å². The van der Waals surface area contributed by atoms with E-state index in [9.17, 15) is 13.2 Å². The van der Waals surface area contributed by atoms with Crippen LogP contribution >= 0.6 is 11.3 Å². The van der Waals surface area contributed by atoms with Crippen LogP contribution in [0.25, 0.3) is 22.0 Å². The number of rotatable bonds is 5. The molecule has 0 bridgehead atoms. The lowest BCUT2D eigenvalue weighted by molar-refractivity contribution is 0.102. The van der Waals surface area contributed by atoms with Gasteiger partial charge in [0.15, 0.2) is 0 Å². The quantitative estimate of drug-likeness (QED) is 0.448. The van der Waals surface area contributed by atoms with Gasteiger partial charge in [-0.25, -0.2) is 13.4 Å². The molecular formula is C18H16N6O3S2. The fraction of sp³-hybridized carbons (Fsp3) is 0.111. The Morgan fingerprint density at radius 1 is 1.14 bits per heavy atom. The first-order valence-corrected chi connectivity index (χ1v) is 11.2. The van der Waals surface area contributed by atoms with Gasteiger partial charge >= 0.3 is 0 Å². The first-order valence-electron chi connectivity index (χ1n) is 8.42. The summed E-state index contributed by atoms with van der Waals surface area (Å²) in [6.45, 7) is 1.83. The number of fused-ring (bicyclic) bond motifs is 1. The topological polar surface area (TPSA) is 130 Å². The van der Waals surface area contributed by atoms with Gasteiger partial charge in [-0.3, -0.25) is 19.6 Å². The summed E-state index contributed by atoms with van der Waals surface area (Å²) in [5, 5.41) is 13.1. The molecule has 0 atom stereocenters. The molecule has 0 aliphatic carbocycles. The van der Waals surface area contributed by atoms with E-state index in [2.05, 4.69) is 30.2 Å². The molecule has 1 amide bonds. The molecule has 0 unspecified atom stereocenters. The van der Waals surface area contributed by atoms with Gasteiger partial charge in [0.05, 0.1) is 40.5 Å². The summed E-state index contributed by atoms with van der Waals surface area (Å²) in [5.74, 6) is -0.320. The number of nitrogens with one attached hydrogen (secondary N) is 3. The molecule has 148 valence electrons. The number of carbonyl (C=O) groups excluding carboxylic acids is 1. The van der Waals surface area contributed by atoms with Crippen molar-refractivity contribution in [3.63, 3.8) is 0 Å². The average Bonchev–Trinajstić information content (AvgIpc) is 3.29. The van der Waals surface area contributed by atoms with Crippen LogP contribution in [0.5, 0.6) is 0 Å². The molecule has 11 heteroatoms. The maximum atomic E-state index is 12.6. The van der Waals surface area contributed by atoms with Gasteiger partial charge in [-0.15, -0.1) is 11.3 Å². The zero-order valence-electron chi connectivity index (χ0n) is 15.4. The summed E-state index contributed by atoms with van der Waals surface area (Å²) in [6, 6.07) is 5.31. The number of pyridine rings is 1. The Balaban J connectivity index is 1.73. The number of hydrogen-bond acceptors (Lipinski definition) is 7. The molecule has 3 N–H and O–H groups in total. The summed E-state index contributed by atoms with van der Waals surface area (Å²) < 4.78 is 25.4. The van der Waals surface area contributed by atoms with E-state index in [-0.39, 0.29) is 5.91 Å². The van der Waals surface area contributed by atoms with E-state index in [4.69, 9.17) is 0 Å². The lowest BCUT2D eigenvalue weighted by Gasteiger charge is -2.10. The summed E-state index contributed by atoms with van der Waals surface area (Å²) in [6.07, 6.45) is 5.73. The predicted molar refractivity (Wildman–Crippen MR) is 113 cm³/mol. The smallest absolute Gasteiger partial charge is 0.275 e. The number of sulfonamides is 1. The van der Waals surface area contributed by atoms with Crippen LogP contribution < -0.4 is 10.0 Å². The molecule has 0 aliphatic rings. The molecule has 4 rings (SSSR count). The molecule has 9 nitrogen and oxygen atoms in total. The molecule has 0 saturated heterocycles. The van der Waals surface area contributed by atoms with Crippen LogP contribution in [0.2, 0.25) is 0 Å². The Morgan fingerprint density at radius 3 is 2.69 bits per heavy atom. The zero-order chi connectivity index (χ0) is 20.6. The van der Waals surface area contributed by atoms with Gasteiger partial charge < -0.3 is 5.32 Å². The summed E-state index contributed by atoms with van der Waals surface area (Å²) >= 11 is 1.40. The summed E-state index contributed by atoms with van der Waals surface area (Å²) in [4.78, 5) is 20.9. The van der Waals surface area contributed by atoms with Crippen molar-refractivity contribution in [3.8, 4) is 11.1 Å². The Kier molecular flexibility index (Phi) is 4.76. The molecular weight excluding hydrogens is 412 g/mol. The van der Waals surface area contributed by atoms with Gasteiger partial charge in [-0.05, 0) is 30.7 Å². The molecule has 4 aromatic rings. The standard InChI is InChI=1S/C18H16N6O3S2/c1-10-21-17(9-28-10)18(25)22-15-4-11(5-16-14(15)8-20-23-16)12-3-13(7-19-6-12)24-29(2,26)27/h3-9,24H,1-2H3,(H,20,23)(H,22,25). The van der Waals surface area contributed by atoms with Crippen LogP contribution in [0.4, 0.5) is 11.4 Å². The molecule has 0 spiro atoms. The highest BCUT2D eigenvalue weighted by molar-refractivity contribution is 7.92. The van der Waals surface area contributed by atoms with Crippen molar-refractivity contribution >= 4 is 49.5 Å². The Morgan fingerprint density at radius 2 is 1.97 bits per heavy atom. The van der Waals surface area contributed by atoms with E-state index in [1.54, 1.807) is 29.9 Å². The summed E-state index contributed by atoms with van der Waals surface area (Å²) in [7, 11) is -3.42. The van der Waals surface area contributed by atoms with Crippen LogP contribution in [-0.4, -0.2) is 40.7 Å². The number of benzene rings is 1. The number of aromatic nitrogens is 4. The fourth-order valence-electron chi connectivity index (χ4n) is 2.84. The number of carbonyl (C=O) groups is 1. The van der Waals surface area contributed by atoms with Crippen molar-refractivity contribution in [1.82, 2.24) is 20.2 Å². The average molecular weight is 428 g/mol. The SMILES string of the molecule is Cc1nc(C(=O)Nc2cc(-c3cncc(NS(C)(=O)=O)c3)cc3[nH]ncc23)cs1. The molecule has 0 aliphatic heterocycles. The number of hydrogen-bond donors (Lipinski definition) is 3. The van der Waals surface area contributed by atoms with Gasteiger partial charge in [-0.2, -0.15) is 5.10 Å². The van der Waals surface area contributed by atoms with Crippen LogP contribution in [0.1, 0.15) is 15.5 Å². The van der Waals surface area contributed by atoms with Gasteiger partial charge in [0.1, 0.15) is 5.69 Å². The van der Waals surface area contributed by atoms with Crippen molar-refractivity contribution in [3.05, 3.63) is 52.9 Å². The minimum atomic E-state index is -3.42. The second-order valence-electron chi connectivity index (χ2n) is 6.40. The Hall–Kier alpha value is -3.31. The first kappa shape index (κ1) is 19.0. The van der Waals surface area contributed by atoms with Crippen molar-refractivity contribution in [2.24, 2.45) is 0 Å². The maximum Gasteiger partial charge on any atom is 0.275 e. The molecule has 29 heavy (non-hydrogen) atoms. The Bertz CT molecular complexity index is 1330. The van der Waals surface area contributed by atoms with Crippen molar-refractivity contribution in [2.75, 3.05) is 16.3 Å². The fourth-order valence-corrected chi connectivity index (χ4v) is 3.98. The highest BCUT2D eigenvalue weighted by atomic mass is 32.2. The van der Waals surface area contributed by atoms with E-state index in [1.165, 1.54) is 17.5 Å². The normalized spacial score (nSPS) is 11.5. The number of amides is 1. The van der Waals surface area contributed by atoms with E-state index in [0.29, 0.717) is 28.1 Å². The third-order valence-electron chi connectivity index (χ3n) is 4.03. The second kappa shape index (κ2) is 7.26. The van der Waals surface area contributed by atoms with Crippen molar-refractivity contribution < 1.29 is 13.2 Å². The molecule has 0 fully saturated rings. The number of anilines is 2. The van der Waals surface area contributed by atoms with E-state index < -0.39 is 10.0 Å². The second-order valence-corrected chi connectivity index (χ2v) is 9.21. The maximum absolute atomic E-state index is 12.6. The molecule has 0 radical (unpaired) electrons. The minimum absolute atomic E-state index is 0.320. The molecule has 3 heterocycles. The first-order chi connectivity index (χ1) is 13.8. The van der Waals surface area contributed by atoms with Crippen LogP contribution in [0.3, 0.4) is 0 Å². The van der Waals surface area contributed by atoms with Crippen LogP contribution in [0.15, 0.2) is 42.2 Å². The van der Waals surface area contributed by atoms with E-state index in [1.807, 2.05) is 13.0 Å². The number of H-pyrrole nitrogens is 1. The van der Waals surface area contributed by atoms with Crippen LogP contribution in [-0.2, 0) is 10.0 Å². The Labute approximate surface area is 170 Å². The number of nitrogens with zero attached hydrogens (tertiary/aromatic N) is 3. The monoisotopic (exact) mass is 428 g/mol. The van der Waals surface area contributed by atoms with Crippen LogP contribution in [0, 0.1) is 6.92 Å². The molecule has 1 aromatic carbocycles. The van der Waals surface area contributed by atoms with Gasteiger partial charge in [0.25, 0.3) is 5.91 Å². The van der Waals surface area contributed by atoms with Crippen molar-refractivity contribution in [2.45, 2.75) is 6.92 Å². The largest absolute Gasteiger partial charge is 0.320 e. The number of thiazole rings is 1. The number of aromatic amines is 1. The van der Waals surface area contributed by atoms with Gasteiger partial charge in [0.2, 0.25) is 10.0 Å². The third kappa shape index (κ3) is 4.25. The zero-order valence-corrected chi connectivity index (χ0v) is 17.1.